The van der Waals surface area contributed by atoms with E-state index in [9.17, 15) is 16.8 Å². The number of rotatable bonds is 7. The van der Waals surface area contributed by atoms with Crippen LogP contribution in [-0.2, 0) is 25.4 Å². The summed E-state index contributed by atoms with van der Waals surface area (Å²) in [6, 6.07) is 0. The van der Waals surface area contributed by atoms with Crippen molar-refractivity contribution < 1.29 is 16.8 Å². The average molecular weight is 343 g/mol. The van der Waals surface area contributed by atoms with Gasteiger partial charge in [-0.1, -0.05) is 20.8 Å². The first-order valence-corrected chi connectivity index (χ1v) is 10.4. The van der Waals surface area contributed by atoms with E-state index >= 15 is 0 Å². The lowest BCUT2D eigenvalue weighted by Gasteiger charge is -2.09. The van der Waals surface area contributed by atoms with Crippen LogP contribution in [0.15, 0.2) is 11.2 Å². The van der Waals surface area contributed by atoms with Gasteiger partial charge in [0.2, 0.25) is 0 Å². The van der Waals surface area contributed by atoms with Crippen LogP contribution in [0.25, 0.3) is 0 Å². The quantitative estimate of drug-likeness (QED) is 0.705. The van der Waals surface area contributed by atoms with E-state index in [0.29, 0.717) is 18.8 Å². The maximum atomic E-state index is 11.4. The number of aryl methyl sites for hydroxylation is 1. The highest BCUT2D eigenvalue weighted by atomic mass is 35.7. The number of nitrogens with zero attached hydrogens (tertiary/aromatic N) is 2. The third kappa shape index (κ3) is 4.75. The van der Waals surface area contributed by atoms with Gasteiger partial charge >= 0.3 is 0 Å². The van der Waals surface area contributed by atoms with Gasteiger partial charge in [-0.3, -0.25) is 0 Å². The molecule has 0 fully saturated rings. The van der Waals surface area contributed by atoms with Crippen LogP contribution in [0.3, 0.4) is 0 Å². The SMILES string of the molecule is CCS(=O)(=O)CCCn1cc(S(=O)(=O)Cl)nc1C(C)C. The molecule has 0 aliphatic carbocycles. The zero-order chi connectivity index (χ0) is 15.6. The number of aromatic nitrogens is 2. The zero-order valence-corrected chi connectivity index (χ0v) is 14.1. The van der Waals surface area contributed by atoms with Gasteiger partial charge in [0.05, 0.1) is 5.75 Å². The monoisotopic (exact) mass is 342 g/mol. The van der Waals surface area contributed by atoms with E-state index in [1.807, 2.05) is 13.8 Å². The van der Waals surface area contributed by atoms with Gasteiger partial charge in [0.1, 0.15) is 15.7 Å². The number of sulfone groups is 1. The lowest BCUT2D eigenvalue weighted by atomic mass is 10.2. The number of hydrogen-bond donors (Lipinski definition) is 0. The summed E-state index contributed by atoms with van der Waals surface area (Å²) in [6.45, 7) is 5.76. The summed E-state index contributed by atoms with van der Waals surface area (Å²) in [6.07, 6.45) is 1.77. The number of halogens is 1. The minimum absolute atomic E-state index is 0.0185. The first-order valence-electron chi connectivity index (χ1n) is 6.29. The second-order valence-electron chi connectivity index (χ2n) is 4.81. The molecule has 0 unspecified atom stereocenters. The van der Waals surface area contributed by atoms with Crippen LogP contribution in [0.5, 0.6) is 0 Å². The van der Waals surface area contributed by atoms with Crippen molar-refractivity contribution in [3.63, 3.8) is 0 Å². The molecule has 0 aliphatic rings. The predicted molar refractivity (Wildman–Crippen MR) is 78.3 cm³/mol. The van der Waals surface area contributed by atoms with Crippen LogP contribution in [0.2, 0.25) is 0 Å². The van der Waals surface area contributed by atoms with Gasteiger partial charge in [0, 0.05) is 35.1 Å². The molecule has 1 heterocycles. The third-order valence-electron chi connectivity index (χ3n) is 2.85. The molecule has 0 atom stereocenters. The summed E-state index contributed by atoms with van der Waals surface area (Å²) in [5.41, 5.74) is 0. The van der Waals surface area contributed by atoms with E-state index in [4.69, 9.17) is 10.7 Å². The van der Waals surface area contributed by atoms with Crippen LogP contribution in [0.4, 0.5) is 0 Å². The zero-order valence-electron chi connectivity index (χ0n) is 11.7. The Morgan fingerprint density at radius 1 is 1.30 bits per heavy atom. The molecule has 0 radical (unpaired) electrons. The Morgan fingerprint density at radius 3 is 2.35 bits per heavy atom. The molecule has 1 aromatic rings. The standard InChI is InChI=1S/C11H19ClN2O4S2/c1-4-19(15,16)7-5-6-14-8-10(20(12,17)18)13-11(14)9(2)3/h8-9H,4-7H2,1-3H3. The smallest absolute Gasteiger partial charge is 0.280 e. The van der Waals surface area contributed by atoms with Crippen LogP contribution in [0.1, 0.15) is 38.9 Å². The molecule has 1 rings (SSSR count). The van der Waals surface area contributed by atoms with E-state index < -0.39 is 18.9 Å². The molecule has 0 saturated heterocycles. The summed E-state index contributed by atoms with van der Waals surface area (Å²) in [5, 5.41) is -0.193. The Kier molecular flexibility index (Phi) is 5.62. The predicted octanol–water partition coefficient (Wildman–Crippen LogP) is 1.76. The molecule has 0 aliphatic heterocycles. The van der Waals surface area contributed by atoms with Crippen molar-refractivity contribution in [1.29, 1.82) is 0 Å². The molecule has 0 saturated carbocycles. The van der Waals surface area contributed by atoms with Gasteiger partial charge in [0.15, 0.2) is 5.03 Å². The number of hydrogen-bond acceptors (Lipinski definition) is 5. The molecule has 20 heavy (non-hydrogen) atoms. The van der Waals surface area contributed by atoms with Crippen molar-refractivity contribution in [2.24, 2.45) is 0 Å². The van der Waals surface area contributed by atoms with E-state index in [2.05, 4.69) is 4.98 Å². The fourth-order valence-electron chi connectivity index (χ4n) is 1.76. The molecule has 0 spiro atoms. The maximum Gasteiger partial charge on any atom is 0.280 e. The van der Waals surface area contributed by atoms with E-state index in [1.54, 1.807) is 11.5 Å². The lowest BCUT2D eigenvalue weighted by molar-refractivity contribution is 0.578. The topological polar surface area (TPSA) is 86.1 Å². The lowest BCUT2D eigenvalue weighted by Crippen LogP contribution is -2.12. The van der Waals surface area contributed by atoms with Gasteiger partial charge < -0.3 is 4.57 Å². The van der Waals surface area contributed by atoms with Crippen LogP contribution in [0, 0.1) is 0 Å². The summed E-state index contributed by atoms with van der Waals surface area (Å²) >= 11 is 0. The first-order chi connectivity index (χ1) is 9.07. The molecule has 0 bridgehead atoms. The maximum absolute atomic E-state index is 11.4. The largest absolute Gasteiger partial charge is 0.333 e. The van der Waals surface area contributed by atoms with Gasteiger partial charge in [-0.05, 0) is 6.42 Å². The Balaban J connectivity index is 2.92. The normalized spacial score (nSPS) is 13.1. The molecule has 9 heteroatoms. The average Bonchev–Trinajstić information content (AvgIpc) is 2.73. The van der Waals surface area contributed by atoms with Crippen LogP contribution >= 0.6 is 10.7 Å². The molecule has 0 N–H and O–H groups in total. The Hall–Kier alpha value is -0.600. The minimum atomic E-state index is -3.87. The van der Waals surface area contributed by atoms with E-state index in [-0.39, 0.29) is 22.4 Å². The molecular formula is C11H19ClN2O4S2. The van der Waals surface area contributed by atoms with Crippen molar-refractivity contribution in [2.45, 2.75) is 44.7 Å². The Bertz CT molecular complexity index is 663. The van der Waals surface area contributed by atoms with Crippen molar-refractivity contribution in [1.82, 2.24) is 9.55 Å². The highest BCUT2D eigenvalue weighted by Crippen LogP contribution is 2.20. The van der Waals surface area contributed by atoms with Gasteiger partial charge in [-0.15, -0.1) is 0 Å². The summed E-state index contributed by atoms with van der Waals surface area (Å²) in [4.78, 5) is 4.01. The van der Waals surface area contributed by atoms with Gasteiger partial charge in [0.25, 0.3) is 9.05 Å². The van der Waals surface area contributed by atoms with E-state index in [0.717, 1.165) is 0 Å². The fraction of sp³-hybridized carbons (Fsp3) is 0.727. The fourth-order valence-corrected chi connectivity index (χ4v) is 3.30. The van der Waals surface area contributed by atoms with Gasteiger partial charge in [-0.25, -0.2) is 21.8 Å². The molecule has 0 aromatic carbocycles. The molecule has 0 amide bonds. The van der Waals surface area contributed by atoms with Crippen LogP contribution in [-0.4, -0.2) is 37.9 Å². The third-order valence-corrected chi connectivity index (χ3v) is 5.81. The molecular weight excluding hydrogens is 324 g/mol. The van der Waals surface area contributed by atoms with Gasteiger partial charge in [-0.2, -0.15) is 0 Å². The highest BCUT2D eigenvalue weighted by Gasteiger charge is 2.19. The van der Waals surface area contributed by atoms with E-state index in [1.165, 1.54) is 6.20 Å². The van der Waals surface area contributed by atoms with Crippen molar-refractivity contribution >= 4 is 29.6 Å². The number of imidazole rings is 1. The summed E-state index contributed by atoms with van der Waals surface area (Å²) < 4.78 is 47.1. The second kappa shape index (κ2) is 6.44. The van der Waals surface area contributed by atoms with Crippen molar-refractivity contribution in [3.8, 4) is 0 Å². The molecule has 1 aromatic heterocycles. The molecule has 116 valence electrons. The minimum Gasteiger partial charge on any atom is -0.333 e. The highest BCUT2D eigenvalue weighted by molar-refractivity contribution is 8.13. The van der Waals surface area contributed by atoms with Crippen molar-refractivity contribution in [2.75, 3.05) is 11.5 Å². The second-order valence-corrected chi connectivity index (χ2v) is 9.80. The Morgan fingerprint density at radius 2 is 1.90 bits per heavy atom. The first kappa shape index (κ1) is 17.5. The molecule has 6 nitrogen and oxygen atoms in total. The van der Waals surface area contributed by atoms with Crippen LogP contribution < -0.4 is 0 Å². The summed E-state index contributed by atoms with van der Waals surface area (Å²) in [5.74, 6) is 0.778. The Labute approximate surface area is 124 Å². The van der Waals surface area contributed by atoms with Crippen molar-refractivity contribution in [3.05, 3.63) is 12.0 Å². The summed E-state index contributed by atoms with van der Waals surface area (Å²) in [7, 11) is -1.62.